The van der Waals surface area contributed by atoms with Gasteiger partial charge >= 0.3 is 0 Å². The number of anilines is 3. The predicted molar refractivity (Wildman–Crippen MR) is 66.8 cm³/mol. The molecule has 0 fully saturated rings. The Morgan fingerprint density at radius 1 is 1.26 bits per heavy atom. The Balaban J connectivity index is 2.33. The van der Waals surface area contributed by atoms with E-state index in [1.54, 1.807) is 0 Å². The number of halogens is 2. The van der Waals surface area contributed by atoms with Gasteiger partial charge in [-0.3, -0.25) is 0 Å². The van der Waals surface area contributed by atoms with Gasteiger partial charge in [0.1, 0.15) is 35.6 Å². The van der Waals surface area contributed by atoms with Crippen LogP contribution in [0.15, 0.2) is 24.3 Å². The molecule has 7 heteroatoms. The van der Waals surface area contributed by atoms with Crippen LogP contribution in [0.5, 0.6) is 0 Å². The number of ether oxygens (including phenoxy) is 1. The molecule has 1 heterocycles. The number of nitrogens with one attached hydrogen (secondary N) is 1. The first-order valence-electron chi connectivity index (χ1n) is 5.43. The van der Waals surface area contributed by atoms with Gasteiger partial charge in [-0.1, -0.05) is 6.07 Å². The molecule has 2 rings (SSSR count). The van der Waals surface area contributed by atoms with Gasteiger partial charge in [0, 0.05) is 13.2 Å². The molecule has 3 N–H and O–H groups in total. The third kappa shape index (κ3) is 3.14. The van der Waals surface area contributed by atoms with Gasteiger partial charge in [0.25, 0.3) is 0 Å². The molecule has 0 amide bonds. The maximum absolute atomic E-state index is 13.5. The van der Waals surface area contributed by atoms with Crippen molar-refractivity contribution >= 4 is 17.3 Å². The summed E-state index contributed by atoms with van der Waals surface area (Å²) in [4.78, 5) is 7.96. The van der Waals surface area contributed by atoms with E-state index in [-0.39, 0.29) is 23.9 Å². The zero-order chi connectivity index (χ0) is 13.8. The fraction of sp³-hybridized carbons (Fsp3) is 0.167. The van der Waals surface area contributed by atoms with Crippen LogP contribution in [0.25, 0.3) is 0 Å². The first kappa shape index (κ1) is 13.2. The highest BCUT2D eigenvalue weighted by Crippen LogP contribution is 2.22. The second-order valence-corrected chi connectivity index (χ2v) is 3.75. The Morgan fingerprint density at radius 2 is 1.95 bits per heavy atom. The molecule has 0 radical (unpaired) electrons. The Hall–Kier alpha value is -2.28. The number of nitrogen functional groups attached to an aromatic ring is 1. The van der Waals surface area contributed by atoms with Crippen molar-refractivity contribution < 1.29 is 13.5 Å². The molecule has 2 aromatic rings. The summed E-state index contributed by atoms with van der Waals surface area (Å²) in [5, 5.41) is 2.54. The van der Waals surface area contributed by atoms with Crippen molar-refractivity contribution in [2.24, 2.45) is 0 Å². The quantitative estimate of drug-likeness (QED) is 0.887. The molecule has 5 nitrogen and oxygen atoms in total. The number of benzene rings is 1. The van der Waals surface area contributed by atoms with Gasteiger partial charge in [0.15, 0.2) is 5.82 Å². The van der Waals surface area contributed by atoms with E-state index in [1.807, 2.05) is 0 Å². The smallest absolute Gasteiger partial charge is 0.158 e. The number of hydrogen-bond donors (Lipinski definition) is 2. The van der Waals surface area contributed by atoms with Crippen LogP contribution < -0.4 is 11.1 Å². The van der Waals surface area contributed by atoms with Crippen molar-refractivity contribution in [1.29, 1.82) is 0 Å². The molecule has 0 aliphatic heterocycles. The summed E-state index contributed by atoms with van der Waals surface area (Å²) >= 11 is 0. The summed E-state index contributed by atoms with van der Waals surface area (Å²) in [6.07, 6.45) is 0. The Morgan fingerprint density at radius 3 is 2.58 bits per heavy atom. The van der Waals surface area contributed by atoms with Crippen LogP contribution in [0.4, 0.5) is 26.1 Å². The monoisotopic (exact) mass is 266 g/mol. The van der Waals surface area contributed by atoms with Gasteiger partial charge in [-0.05, 0) is 12.1 Å². The fourth-order valence-corrected chi connectivity index (χ4v) is 1.52. The highest BCUT2D eigenvalue weighted by molar-refractivity contribution is 5.59. The highest BCUT2D eigenvalue weighted by Gasteiger charge is 2.10. The lowest BCUT2D eigenvalue weighted by Gasteiger charge is -2.09. The first-order valence-corrected chi connectivity index (χ1v) is 5.43. The van der Waals surface area contributed by atoms with Gasteiger partial charge < -0.3 is 15.8 Å². The lowest BCUT2D eigenvalue weighted by Crippen LogP contribution is -2.06. The number of rotatable bonds is 4. The van der Waals surface area contributed by atoms with Gasteiger partial charge in [-0.15, -0.1) is 0 Å². The average molecular weight is 266 g/mol. The topological polar surface area (TPSA) is 73.1 Å². The van der Waals surface area contributed by atoms with E-state index in [2.05, 4.69) is 15.3 Å². The number of methoxy groups -OCH3 is 1. The predicted octanol–water partition coefficient (Wildman–Crippen LogP) is 2.23. The van der Waals surface area contributed by atoms with E-state index in [0.29, 0.717) is 5.82 Å². The van der Waals surface area contributed by atoms with Gasteiger partial charge in [-0.2, -0.15) is 0 Å². The Labute approximate surface area is 108 Å². The standard InChI is InChI=1S/C12H12F2N4O/c1-19-6-11-16-9(15)5-10(17-11)18-12-7(13)3-2-4-8(12)14/h2-5H,6H2,1H3,(H3,15,16,17,18). The SMILES string of the molecule is COCc1nc(N)cc(Nc2c(F)cccc2F)n1. The Bertz CT molecular complexity index is 572. The number of hydrogen-bond acceptors (Lipinski definition) is 5. The van der Waals surface area contributed by atoms with Crippen LogP contribution in [0.1, 0.15) is 5.82 Å². The van der Waals surface area contributed by atoms with E-state index in [9.17, 15) is 8.78 Å². The zero-order valence-corrected chi connectivity index (χ0v) is 10.2. The summed E-state index contributed by atoms with van der Waals surface area (Å²) in [6, 6.07) is 4.95. The molecule has 19 heavy (non-hydrogen) atoms. The van der Waals surface area contributed by atoms with E-state index in [4.69, 9.17) is 10.5 Å². The van der Waals surface area contributed by atoms with Crippen molar-refractivity contribution in [2.45, 2.75) is 6.61 Å². The molecule has 0 saturated heterocycles. The Kier molecular flexibility index (Phi) is 3.86. The normalized spacial score (nSPS) is 10.5. The third-order valence-electron chi connectivity index (χ3n) is 2.28. The minimum atomic E-state index is -0.717. The molecule has 0 aliphatic carbocycles. The minimum absolute atomic E-state index is 0.152. The lowest BCUT2D eigenvalue weighted by atomic mass is 10.3. The number of para-hydroxylation sites is 1. The van der Waals surface area contributed by atoms with Crippen LogP contribution in [0.2, 0.25) is 0 Å². The summed E-state index contributed by atoms with van der Waals surface area (Å²) < 4.78 is 31.8. The maximum Gasteiger partial charge on any atom is 0.158 e. The van der Waals surface area contributed by atoms with Crippen LogP contribution in [-0.2, 0) is 11.3 Å². The number of aromatic nitrogens is 2. The average Bonchev–Trinajstić information content (AvgIpc) is 2.34. The van der Waals surface area contributed by atoms with Crippen LogP contribution >= 0.6 is 0 Å². The summed E-state index contributed by atoms with van der Waals surface area (Å²) in [5.41, 5.74) is 5.30. The molecule has 0 spiro atoms. The fourth-order valence-electron chi connectivity index (χ4n) is 1.52. The van der Waals surface area contributed by atoms with Crippen LogP contribution in [0, 0.1) is 11.6 Å². The summed E-state index contributed by atoms with van der Waals surface area (Å²) in [5.74, 6) is -0.734. The van der Waals surface area contributed by atoms with E-state index >= 15 is 0 Å². The third-order valence-corrected chi connectivity index (χ3v) is 2.28. The van der Waals surface area contributed by atoms with Crippen molar-refractivity contribution in [3.8, 4) is 0 Å². The lowest BCUT2D eigenvalue weighted by molar-refractivity contribution is 0.178. The molecule has 0 bridgehead atoms. The van der Waals surface area contributed by atoms with Crippen molar-refractivity contribution in [3.05, 3.63) is 41.7 Å². The number of nitrogens with two attached hydrogens (primary N) is 1. The van der Waals surface area contributed by atoms with Crippen molar-refractivity contribution in [2.75, 3.05) is 18.2 Å². The first-order chi connectivity index (χ1) is 9.10. The molecule has 100 valence electrons. The largest absolute Gasteiger partial charge is 0.384 e. The summed E-state index contributed by atoms with van der Waals surface area (Å²) in [7, 11) is 1.48. The molecule has 0 saturated carbocycles. The second kappa shape index (κ2) is 5.57. The van der Waals surface area contributed by atoms with E-state index < -0.39 is 11.6 Å². The minimum Gasteiger partial charge on any atom is -0.384 e. The molecular formula is C12H12F2N4O. The van der Waals surface area contributed by atoms with Crippen molar-refractivity contribution in [1.82, 2.24) is 9.97 Å². The van der Waals surface area contributed by atoms with Crippen LogP contribution in [-0.4, -0.2) is 17.1 Å². The molecule has 0 unspecified atom stereocenters. The molecule has 1 aromatic carbocycles. The van der Waals surface area contributed by atoms with E-state index in [1.165, 1.54) is 19.2 Å². The van der Waals surface area contributed by atoms with Crippen molar-refractivity contribution in [3.63, 3.8) is 0 Å². The van der Waals surface area contributed by atoms with E-state index in [0.717, 1.165) is 12.1 Å². The molecule has 0 aliphatic rings. The summed E-state index contributed by atoms with van der Waals surface area (Å²) in [6.45, 7) is 0.152. The van der Waals surface area contributed by atoms with Crippen LogP contribution in [0.3, 0.4) is 0 Å². The second-order valence-electron chi connectivity index (χ2n) is 3.75. The number of nitrogens with zero attached hydrogens (tertiary/aromatic N) is 2. The molecule has 0 atom stereocenters. The molecular weight excluding hydrogens is 254 g/mol. The molecule has 1 aromatic heterocycles. The van der Waals surface area contributed by atoms with Gasteiger partial charge in [0.2, 0.25) is 0 Å². The highest BCUT2D eigenvalue weighted by atomic mass is 19.1. The zero-order valence-electron chi connectivity index (χ0n) is 10.2. The van der Waals surface area contributed by atoms with Gasteiger partial charge in [-0.25, -0.2) is 18.7 Å². The van der Waals surface area contributed by atoms with Gasteiger partial charge in [0.05, 0.1) is 0 Å². The maximum atomic E-state index is 13.5.